The Morgan fingerprint density at radius 3 is 1.79 bits per heavy atom. The Balaban J connectivity index is 2.74. The lowest BCUT2D eigenvalue weighted by Crippen LogP contribution is -2.44. The van der Waals surface area contributed by atoms with Gasteiger partial charge in [0.1, 0.15) is 0 Å². The zero-order chi connectivity index (χ0) is 14.8. The molecule has 0 fully saturated rings. The molecule has 0 aromatic heterocycles. The summed E-state index contributed by atoms with van der Waals surface area (Å²) in [7, 11) is 2.22. The third-order valence-electron chi connectivity index (χ3n) is 4.07. The maximum absolute atomic E-state index is 2.45. The molecule has 1 heteroatoms. The molecule has 19 heavy (non-hydrogen) atoms. The van der Waals surface area contributed by atoms with Crippen LogP contribution in [-0.2, 0) is 11.8 Å². The van der Waals surface area contributed by atoms with Crippen molar-refractivity contribution in [3.05, 3.63) is 35.4 Å². The molecule has 0 amide bonds. The SMILES string of the molecule is CC(Cc1ccc(C(C)(C)C)cc1)N(C)C(C)(C)C. The molecule has 0 bridgehead atoms. The Morgan fingerprint density at radius 2 is 1.42 bits per heavy atom. The van der Waals surface area contributed by atoms with Crippen LogP contribution >= 0.6 is 0 Å². The van der Waals surface area contributed by atoms with E-state index >= 15 is 0 Å². The zero-order valence-electron chi connectivity index (χ0n) is 14.0. The van der Waals surface area contributed by atoms with Gasteiger partial charge in [-0.15, -0.1) is 0 Å². The molecule has 1 rings (SSSR count). The summed E-state index contributed by atoms with van der Waals surface area (Å²) in [4.78, 5) is 2.45. The van der Waals surface area contributed by atoms with E-state index in [0.717, 1.165) is 6.42 Å². The van der Waals surface area contributed by atoms with E-state index in [4.69, 9.17) is 0 Å². The molecule has 0 heterocycles. The monoisotopic (exact) mass is 261 g/mol. The molecule has 0 aliphatic heterocycles. The van der Waals surface area contributed by atoms with Gasteiger partial charge in [-0.3, -0.25) is 4.90 Å². The highest BCUT2D eigenvalue weighted by Gasteiger charge is 2.22. The Labute approximate surface area is 120 Å². The summed E-state index contributed by atoms with van der Waals surface area (Å²) >= 11 is 0. The maximum Gasteiger partial charge on any atom is 0.0124 e. The summed E-state index contributed by atoms with van der Waals surface area (Å²) < 4.78 is 0. The second-order valence-electron chi connectivity index (χ2n) is 7.78. The van der Waals surface area contributed by atoms with E-state index < -0.39 is 0 Å². The van der Waals surface area contributed by atoms with Gasteiger partial charge in [0.2, 0.25) is 0 Å². The average Bonchev–Trinajstić information content (AvgIpc) is 2.26. The van der Waals surface area contributed by atoms with E-state index in [1.807, 2.05) is 0 Å². The number of hydrogen-bond donors (Lipinski definition) is 0. The molecule has 1 unspecified atom stereocenters. The van der Waals surface area contributed by atoms with Gasteiger partial charge in [0.25, 0.3) is 0 Å². The van der Waals surface area contributed by atoms with Crippen molar-refractivity contribution in [2.75, 3.05) is 7.05 Å². The molecule has 0 aliphatic carbocycles. The minimum atomic E-state index is 0.227. The van der Waals surface area contributed by atoms with Crippen LogP contribution in [0.15, 0.2) is 24.3 Å². The van der Waals surface area contributed by atoms with Crippen LogP contribution in [-0.4, -0.2) is 23.5 Å². The Hall–Kier alpha value is -0.820. The van der Waals surface area contributed by atoms with Crippen molar-refractivity contribution in [3.8, 4) is 0 Å². The summed E-state index contributed by atoms with van der Waals surface area (Å²) in [5, 5.41) is 0. The minimum Gasteiger partial charge on any atom is -0.299 e. The van der Waals surface area contributed by atoms with Crippen molar-refractivity contribution in [1.29, 1.82) is 0 Å². The number of rotatable bonds is 3. The van der Waals surface area contributed by atoms with Crippen molar-refractivity contribution < 1.29 is 0 Å². The second kappa shape index (κ2) is 5.66. The summed E-state index contributed by atoms with van der Waals surface area (Å²) in [5.74, 6) is 0. The van der Waals surface area contributed by atoms with E-state index in [9.17, 15) is 0 Å². The van der Waals surface area contributed by atoms with Crippen LogP contribution in [0.3, 0.4) is 0 Å². The first-order chi connectivity index (χ1) is 8.51. The van der Waals surface area contributed by atoms with Gasteiger partial charge in [-0.1, -0.05) is 45.0 Å². The molecule has 0 N–H and O–H groups in total. The number of benzene rings is 1. The highest BCUT2D eigenvalue weighted by atomic mass is 15.2. The van der Waals surface area contributed by atoms with E-state index in [2.05, 4.69) is 84.7 Å². The third kappa shape index (κ3) is 4.65. The molecule has 1 atom stereocenters. The first-order valence-electron chi connectivity index (χ1n) is 7.34. The van der Waals surface area contributed by atoms with Gasteiger partial charge < -0.3 is 0 Å². The fourth-order valence-corrected chi connectivity index (χ4v) is 2.28. The highest BCUT2D eigenvalue weighted by molar-refractivity contribution is 5.28. The van der Waals surface area contributed by atoms with E-state index in [0.29, 0.717) is 6.04 Å². The lowest BCUT2D eigenvalue weighted by atomic mass is 9.86. The van der Waals surface area contributed by atoms with Crippen molar-refractivity contribution in [2.24, 2.45) is 0 Å². The largest absolute Gasteiger partial charge is 0.299 e. The molecule has 0 saturated carbocycles. The second-order valence-corrected chi connectivity index (χ2v) is 7.78. The molecule has 1 nitrogen and oxygen atoms in total. The van der Waals surface area contributed by atoms with Crippen LogP contribution in [0.1, 0.15) is 59.6 Å². The van der Waals surface area contributed by atoms with Crippen LogP contribution in [0.2, 0.25) is 0 Å². The number of hydrogen-bond acceptors (Lipinski definition) is 1. The zero-order valence-corrected chi connectivity index (χ0v) is 14.0. The number of nitrogens with zero attached hydrogens (tertiary/aromatic N) is 1. The fourth-order valence-electron chi connectivity index (χ4n) is 2.28. The van der Waals surface area contributed by atoms with Gasteiger partial charge in [-0.25, -0.2) is 0 Å². The van der Waals surface area contributed by atoms with Gasteiger partial charge in [-0.05, 0) is 57.7 Å². The standard InChI is InChI=1S/C18H31N/c1-14(19(8)18(5,6)7)13-15-9-11-16(12-10-15)17(2,3)4/h9-12,14H,13H2,1-8H3. The summed E-state index contributed by atoms with van der Waals surface area (Å²) in [6, 6.07) is 9.68. The fraction of sp³-hybridized carbons (Fsp3) is 0.667. The first kappa shape index (κ1) is 16.2. The smallest absolute Gasteiger partial charge is 0.0124 e. The van der Waals surface area contributed by atoms with Crippen molar-refractivity contribution >= 4 is 0 Å². The Morgan fingerprint density at radius 1 is 0.947 bits per heavy atom. The molecule has 0 radical (unpaired) electrons. The molecule has 0 aliphatic rings. The van der Waals surface area contributed by atoms with Gasteiger partial charge >= 0.3 is 0 Å². The quantitative estimate of drug-likeness (QED) is 0.766. The molecule has 108 valence electrons. The minimum absolute atomic E-state index is 0.227. The van der Waals surface area contributed by atoms with Crippen molar-refractivity contribution in [3.63, 3.8) is 0 Å². The average molecular weight is 261 g/mol. The van der Waals surface area contributed by atoms with Gasteiger partial charge in [0.05, 0.1) is 0 Å². The lowest BCUT2D eigenvalue weighted by molar-refractivity contribution is 0.126. The topological polar surface area (TPSA) is 3.24 Å². The molecule has 1 aromatic rings. The normalized spacial score (nSPS) is 14.8. The molecular weight excluding hydrogens is 230 g/mol. The predicted octanol–water partition coefficient (Wildman–Crippen LogP) is 4.65. The van der Waals surface area contributed by atoms with Gasteiger partial charge in [0.15, 0.2) is 0 Å². The van der Waals surface area contributed by atoms with Gasteiger partial charge in [0, 0.05) is 11.6 Å². The van der Waals surface area contributed by atoms with Gasteiger partial charge in [-0.2, -0.15) is 0 Å². The van der Waals surface area contributed by atoms with Crippen LogP contribution in [0.5, 0.6) is 0 Å². The van der Waals surface area contributed by atoms with Crippen LogP contribution in [0.4, 0.5) is 0 Å². The molecule has 0 spiro atoms. The van der Waals surface area contributed by atoms with Crippen molar-refractivity contribution in [2.45, 2.75) is 71.9 Å². The van der Waals surface area contributed by atoms with E-state index in [1.165, 1.54) is 11.1 Å². The number of likely N-dealkylation sites (N-methyl/N-ethyl adjacent to an activating group) is 1. The third-order valence-corrected chi connectivity index (χ3v) is 4.07. The Bertz CT molecular complexity index is 389. The predicted molar refractivity (Wildman–Crippen MR) is 85.8 cm³/mol. The summed E-state index contributed by atoms with van der Waals surface area (Å²) in [5.41, 5.74) is 3.31. The van der Waals surface area contributed by atoms with Crippen molar-refractivity contribution in [1.82, 2.24) is 4.90 Å². The van der Waals surface area contributed by atoms with E-state index in [1.54, 1.807) is 0 Å². The first-order valence-corrected chi connectivity index (χ1v) is 7.34. The summed E-state index contributed by atoms with van der Waals surface area (Å²) in [6.45, 7) is 15.9. The lowest BCUT2D eigenvalue weighted by Gasteiger charge is -2.37. The summed E-state index contributed by atoms with van der Waals surface area (Å²) in [6.07, 6.45) is 1.11. The van der Waals surface area contributed by atoms with Crippen LogP contribution < -0.4 is 0 Å². The highest BCUT2D eigenvalue weighted by Crippen LogP contribution is 2.23. The molecule has 1 aromatic carbocycles. The van der Waals surface area contributed by atoms with E-state index in [-0.39, 0.29) is 11.0 Å². The van der Waals surface area contributed by atoms with Crippen LogP contribution in [0, 0.1) is 0 Å². The van der Waals surface area contributed by atoms with Crippen LogP contribution in [0.25, 0.3) is 0 Å². The molecule has 0 saturated heterocycles. The molecular formula is C18H31N. The Kier molecular flexibility index (Phi) is 4.84. The maximum atomic E-state index is 2.45.